The average Bonchev–Trinajstić information content (AvgIpc) is 3.01. The van der Waals surface area contributed by atoms with E-state index >= 15 is 0 Å². The summed E-state index contributed by atoms with van der Waals surface area (Å²) in [6.45, 7) is 0. The van der Waals surface area contributed by atoms with Gasteiger partial charge in [-0.25, -0.2) is 8.42 Å². The highest BCUT2D eigenvalue weighted by molar-refractivity contribution is 9.10. The van der Waals surface area contributed by atoms with Crippen molar-refractivity contribution in [2.24, 2.45) is 0 Å². The summed E-state index contributed by atoms with van der Waals surface area (Å²) >= 11 is 3.47. The predicted molar refractivity (Wildman–Crippen MR) is 119 cm³/mol. The van der Waals surface area contributed by atoms with Gasteiger partial charge in [0, 0.05) is 23.0 Å². The number of ether oxygens (including phenoxy) is 1. The van der Waals surface area contributed by atoms with Gasteiger partial charge in [0.1, 0.15) is 5.75 Å². The molecule has 0 aromatic heterocycles. The Morgan fingerprint density at radius 2 is 1.77 bits per heavy atom. The predicted octanol–water partition coefficient (Wildman–Crippen LogP) is 4.39. The Morgan fingerprint density at radius 3 is 2.40 bits per heavy atom. The van der Waals surface area contributed by atoms with E-state index in [0.29, 0.717) is 30.6 Å². The molecule has 0 saturated carbocycles. The lowest BCUT2D eigenvalue weighted by Crippen LogP contribution is -2.49. The van der Waals surface area contributed by atoms with E-state index in [1.54, 1.807) is 31.4 Å². The molecule has 2 bridgehead atoms. The zero-order chi connectivity index (χ0) is 21.3. The molecule has 2 fully saturated rings. The molecule has 0 spiro atoms. The van der Waals surface area contributed by atoms with E-state index in [1.807, 2.05) is 29.2 Å². The zero-order valence-electron chi connectivity index (χ0n) is 17.0. The first-order valence-electron chi connectivity index (χ1n) is 10.3. The number of benzene rings is 2. The quantitative estimate of drug-likeness (QED) is 0.600. The third kappa shape index (κ3) is 4.14. The van der Waals surface area contributed by atoms with Crippen LogP contribution in [0, 0.1) is 0 Å². The van der Waals surface area contributed by atoms with Crippen LogP contribution in [0.1, 0.15) is 37.7 Å². The normalized spacial score (nSPS) is 23.4. The first-order chi connectivity index (χ1) is 14.4. The Morgan fingerprint density at radius 1 is 1.10 bits per heavy atom. The summed E-state index contributed by atoms with van der Waals surface area (Å²) in [4.78, 5) is 15.4. The number of sulfone groups is 1. The van der Waals surface area contributed by atoms with E-state index in [-0.39, 0.29) is 18.0 Å². The molecular formula is C23H26BrNO4S. The number of carbonyl (C=O) groups excluding carboxylic acids is 1. The molecule has 30 heavy (non-hydrogen) atoms. The topological polar surface area (TPSA) is 63.7 Å². The molecule has 0 N–H and O–H groups in total. The van der Waals surface area contributed by atoms with Crippen molar-refractivity contribution in [1.82, 2.24) is 4.90 Å². The zero-order valence-corrected chi connectivity index (χ0v) is 19.4. The second-order valence-corrected chi connectivity index (χ2v) is 11.2. The fraction of sp³-hybridized carbons (Fsp3) is 0.435. The smallest absolute Gasteiger partial charge is 0.223 e. The van der Waals surface area contributed by atoms with Gasteiger partial charge in [-0.05, 0) is 68.0 Å². The summed E-state index contributed by atoms with van der Waals surface area (Å²) in [5.74, 6) is 0.890. The maximum Gasteiger partial charge on any atom is 0.223 e. The van der Waals surface area contributed by atoms with Gasteiger partial charge in [-0.1, -0.05) is 34.1 Å². The fourth-order valence-electron chi connectivity index (χ4n) is 4.90. The molecule has 2 heterocycles. The molecule has 4 rings (SSSR count). The first-order valence-corrected chi connectivity index (χ1v) is 12.7. The van der Waals surface area contributed by atoms with Crippen molar-refractivity contribution in [1.29, 1.82) is 0 Å². The minimum absolute atomic E-state index is 0.0177. The minimum atomic E-state index is -3.37. The van der Waals surface area contributed by atoms with Crippen molar-refractivity contribution >= 4 is 31.7 Å². The standard InChI is InChI=1S/C23H26BrNO4S/c1-29-22-11-8-17(24)13-16(22)7-12-23(26)25-18-9-10-19(25)15-21(14-18)30(27,28)20-5-3-2-4-6-20/h2-6,8,11,13,18-19,21H,7,9-10,12,14-15H2,1H3. The summed E-state index contributed by atoms with van der Waals surface area (Å²) in [7, 11) is -1.73. The van der Waals surface area contributed by atoms with E-state index in [9.17, 15) is 13.2 Å². The Balaban J connectivity index is 1.44. The van der Waals surface area contributed by atoms with Crippen LogP contribution in [0.5, 0.6) is 5.75 Å². The molecule has 2 saturated heterocycles. The van der Waals surface area contributed by atoms with Crippen LogP contribution in [-0.4, -0.2) is 43.7 Å². The molecule has 1 amide bonds. The highest BCUT2D eigenvalue weighted by Gasteiger charge is 2.46. The van der Waals surface area contributed by atoms with Crippen LogP contribution in [0.3, 0.4) is 0 Å². The van der Waals surface area contributed by atoms with Crippen LogP contribution < -0.4 is 4.74 Å². The van der Waals surface area contributed by atoms with Gasteiger partial charge in [0.05, 0.1) is 17.3 Å². The number of carbonyl (C=O) groups is 1. The summed E-state index contributed by atoms with van der Waals surface area (Å²) in [6, 6.07) is 14.5. The lowest BCUT2D eigenvalue weighted by atomic mass is 10.0. The number of amides is 1. The molecule has 2 aromatic rings. The van der Waals surface area contributed by atoms with Gasteiger partial charge in [-0.3, -0.25) is 4.79 Å². The number of piperidine rings is 1. The van der Waals surface area contributed by atoms with Crippen LogP contribution in [0.25, 0.3) is 0 Å². The molecule has 2 aromatic carbocycles. The number of halogens is 1. The molecule has 2 aliphatic heterocycles. The molecule has 7 heteroatoms. The molecule has 5 nitrogen and oxygen atoms in total. The first kappa shape index (κ1) is 21.4. The fourth-order valence-corrected chi connectivity index (χ4v) is 7.18. The van der Waals surface area contributed by atoms with Gasteiger partial charge < -0.3 is 9.64 Å². The number of aryl methyl sites for hydroxylation is 1. The molecule has 2 atom stereocenters. The van der Waals surface area contributed by atoms with Crippen molar-refractivity contribution in [2.75, 3.05) is 7.11 Å². The lowest BCUT2D eigenvalue weighted by Gasteiger charge is -2.38. The van der Waals surface area contributed by atoms with E-state index in [4.69, 9.17) is 4.74 Å². The molecule has 2 aliphatic rings. The van der Waals surface area contributed by atoms with E-state index < -0.39 is 15.1 Å². The molecule has 160 valence electrons. The molecule has 2 unspecified atom stereocenters. The van der Waals surface area contributed by atoms with E-state index in [1.165, 1.54) is 0 Å². The number of nitrogens with zero attached hydrogens (tertiary/aromatic N) is 1. The van der Waals surface area contributed by atoms with Crippen molar-refractivity contribution in [3.8, 4) is 5.75 Å². The third-order valence-corrected chi connectivity index (χ3v) is 9.02. The monoisotopic (exact) mass is 491 g/mol. The maximum absolute atomic E-state index is 13.1. The number of methoxy groups -OCH3 is 1. The van der Waals surface area contributed by atoms with Gasteiger partial charge in [-0.15, -0.1) is 0 Å². The summed E-state index contributed by atoms with van der Waals surface area (Å²) in [5.41, 5.74) is 0.995. The number of hydrogen-bond acceptors (Lipinski definition) is 4. The molecule has 0 aliphatic carbocycles. The average molecular weight is 492 g/mol. The lowest BCUT2D eigenvalue weighted by molar-refractivity contribution is -0.135. The van der Waals surface area contributed by atoms with Gasteiger partial charge >= 0.3 is 0 Å². The Bertz CT molecular complexity index is 1010. The van der Waals surface area contributed by atoms with Gasteiger partial charge in [0.2, 0.25) is 5.91 Å². The van der Waals surface area contributed by atoms with Crippen molar-refractivity contribution in [2.45, 2.75) is 60.8 Å². The molecular weight excluding hydrogens is 466 g/mol. The van der Waals surface area contributed by atoms with Crippen molar-refractivity contribution in [3.05, 3.63) is 58.6 Å². The van der Waals surface area contributed by atoms with Crippen LogP contribution >= 0.6 is 15.9 Å². The van der Waals surface area contributed by atoms with Crippen LogP contribution in [0.15, 0.2) is 57.9 Å². The summed E-state index contributed by atoms with van der Waals surface area (Å²) in [6.07, 6.45) is 3.83. The van der Waals surface area contributed by atoms with Crippen LogP contribution in [-0.2, 0) is 21.1 Å². The van der Waals surface area contributed by atoms with Crippen molar-refractivity contribution < 1.29 is 17.9 Å². The highest BCUT2D eigenvalue weighted by Crippen LogP contribution is 2.40. The minimum Gasteiger partial charge on any atom is -0.496 e. The Kier molecular flexibility index (Phi) is 6.21. The van der Waals surface area contributed by atoms with Gasteiger partial charge in [0.15, 0.2) is 9.84 Å². The van der Waals surface area contributed by atoms with E-state index in [0.717, 1.165) is 28.6 Å². The van der Waals surface area contributed by atoms with Gasteiger partial charge in [-0.2, -0.15) is 0 Å². The largest absolute Gasteiger partial charge is 0.496 e. The molecule has 0 radical (unpaired) electrons. The van der Waals surface area contributed by atoms with E-state index in [2.05, 4.69) is 15.9 Å². The summed E-state index contributed by atoms with van der Waals surface area (Å²) < 4.78 is 32.5. The van der Waals surface area contributed by atoms with Crippen LogP contribution in [0.2, 0.25) is 0 Å². The Hall–Kier alpha value is -1.86. The SMILES string of the molecule is COc1ccc(Br)cc1CCC(=O)N1C2CCC1CC(S(=O)(=O)c1ccccc1)C2. The second-order valence-electron chi connectivity index (χ2n) is 8.09. The maximum atomic E-state index is 13.1. The number of hydrogen-bond donors (Lipinski definition) is 0. The Labute approximate surface area is 186 Å². The van der Waals surface area contributed by atoms with Crippen LogP contribution in [0.4, 0.5) is 0 Å². The van der Waals surface area contributed by atoms with Crippen molar-refractivity contribution in [3.63, 3.8) is 0 Å². The third-order valence-electron chi connectivity index (χ3n) is 6.34. The number of fused-ring (bicyclic) bond motifs is 2. The number of rotatable bonds is 6. The highest BCUT2D eigenvalue weighted by atomic mass is 79.9. The second kappa shape index (κ2) is 8.71. The summed E-state index contributed by atoms with van der Waals surface area (Å²) in [5, 5.41) is -0.411. The van der Waals surface area contributed by atoms with Gasteiger partial charge in [0.25, 0.3) is 0 Å².